The lowest BCUT2D eigenvalue weighted by Gasteiger charge is -2.09. The molecule has 0 radical (unpaired) electrons. The van der Waals surface area contributed by atoms with E-state index in [2.05, 4.69) is 22.3 Å². The molecule has 0 atom stereocenters. The number of nitrogens with two attached hydrogens (primary N) is 2. The Hall–Kier alpha value is -1.96. The summed E-state index contributed by atoms with van der Waals surface area (Å²) in [5.74, 6) is -2.22. The minimum atomic E-state index is -1.12. The smallest absolute Gasteiger partial charge is 0.404 e. The van der Waals surface area contributed by atoms with Gasteiger partial charge in [-0.05, 0) is 12.1 Å². The molecular weight excluding hydrogens is 264 g/mol. The van der Waals surface area contributed by atoms with Crippen molar-refractivity contribution in [1.29, 1.82) is 0 Å². The maximum Gasteiger partial charge on any atom is 0.404 e. The minimum Gasteiger partial charge on any atom is -0.448 e. The molecule has 0 aliphatic rings. The zero-order valence-corrected chi connectivity index (χ0v) is 10.0. The molecule has 0 bridgehead atoms. The Balaban J connectivity index is 2.71. The molecule has 0 aromatic heterocycles. The van der Waals surface area contributed by atoms with E-state index in [1.54, 1.807) is 0 Å². The number of carbonyl (C=O) groups excluding carboxylic acids is 1. The normalized spacial score (nSPS) is 9.89. The van der Waals surface area contributed by atoms with Crippen molar-refractivity contribution in [2.24, 2.45) is 11.5 Å². The van der Waals surface area contributed by atoms with Crippen LogP contribution in [0.1, 0.15) is 5.56 Å². The zero-order chi connectivity index (χ0) is 13.7. The summed E-state index contributed by atoms with van der Waals surface area (Å²) in [5, 5.41) is 2.54. The Kier molecular flexibility index (Phi) is 4.78. The molecule has 98 valence electrons. The third kappa shape index (κ3) is 3.52. The molecule has 8 heteroatoms. The highest BCUT2D eigenvalue weighted by atomic mass is 32.1. The number of hydrogen-bond acceptors (Lipinski definition) is 4. The Labute approximate surface area is 107 Å². The van der Waals surface area contributed by atoms with Gasteiger partial charge in [-0.15, -0.1) is 0 Å². The first-order valence-corrected chi connectivity index (χ1v) is 5.28. The fourth-order valence-electron chi connectivity index (χ4n) is 1.21. The summed E-state index contributed by atoms with van der Waals surface area (Å²) >= 11 is 4.57. The summed E-state index contributed by atoms with van der Waals surface area (Å²) in [6.45, 7) is 0.0269. The first-order chi connectivity index (χ1) is 8.43. The van der Waals surface area contributed by atoms with Crippen LogP contribution in [0.25, 0.3) is 0 Å². The van der Waals surface area contributed by atoms with Crippen LogP contribution in [0.2, 0.25) is 0 Å². The van der Waals surface area contributed by atoms with Gasteiger partial charge in [-0.2, -0.15) is 0 Å². The van der Waals surface area contributed by atoms with Gasteiger partial charge >= 0.3 is 6.09 Å². The maximum absolute atomic E-state index is 13.5. The second kappa shape index (κ2) is 6.10. The number of hydrogen-bond donors (Lipinski definition) is 3. The number of thiocarbonyl (C=S) groups is 1. The predicted molar refractivity (Wildman–Crippen MR) is 66.3 cm³/mol. The fourth-order valence-corrected chi connectivity index (χ4v) is 1.37. The van der Waals surface area contributed by atoms with Gasteiger partial charge < -0.3 is 21.5 Å². The Morgan fingerprint density at radius 2 is 2.00 bits per heavy atom. The summed E-state index contributed by atoms with van der Waals surface area (Å²) in [7, 11) is 0. The lowest BCUT2D eigenvalue weighted by Crippen LogP contribution is -2.19. The molecule has 0 aliphatic heterocycles. The first-order valence-electron chi connectivity index (χ1n) is 4.87. The monoisotopic (exact) mass is 275 g/mol. The maximum atomic E-state index is 13.5. The molecule has 1 rings (SSSR count). The van der Waals surface area contributed by atoms with Crippen molar-refractivity contribution in [2.45, 2.75) is 0 Å². The van der Waals surface area contributed by atoms with Crippen LogP contribution in [-0.4, -0.2) is 24.2 Å². The molecule has 5 N–H and O–H groups in total. The van der Waals surface area contributed by atoms with Crippen LogP contribution in [0.4, 0.5) is 19.3 Å². The zero-order valence-electron chi connectivity index (χ0n) is 9.20. The van der Waals surface area contributed by atoms with E-state index in [1.807, 2.05) is 0 Å². The molecule has 0 aliphatic carbocycles. The van der Waals surface area contributed by atoms with Gasteiger partial charge in [0, 0.05) is 12.1 Å². The SMILES string of the molecule is NC(=O)OCCNc1ccc(C(N)=S)c(F)c1F. The van der Waals surface area contributed by atoms with Crippen molar-refractivity contribution in [3.8, 4) is 0 Å². The van der Waals surface area contributed by atoms with E-state index < -0.39 is 17.7 Å². The molecule has 18 heavy (non-hydrogen) atoms. The van der Waals surface area contributed by atoms with Crippen LogP contribution in [0.5, 0.6) is 0 Å². The highest BCUT2D eigenvalue weighted by Gasteiger charge is 2.14. The molecular formula is C10H11F2N3O2S. The van der Waals surface area contributed by atoms with Crippen molar-refractivity contribution in [3.63, 3.8) is 0 Å². The first kappa shape index (κ1) is 14.1. The number of primary amides is 1. The molecule has 0 saturated carbocycles. The van der Waals surface area contributed by atoms with Crippen LogP contribution in [0.3, 0.4) is 0 Å². The van der Waals surface area contributed by atoms with Crippen LogP contribution in [-0.2, 0) is 4.74 Å². The van der Waals surface area contributed by atoms with Crippen molar-refractivity contribution >= 4 is 29.0 Å². The lowest BCUT2D eigenvalue weighted by atomic mass is 10.2. The van der Waals surface area contributed by atoms with Gasteiger partial charge in [-0.1, -0.05) is 12.2 Å². The van der Waals surface area contributed by atoms with E-state index in [0.29, 0.717) is 0 Å². The summed E-state index contributed by atoms with van der Waals surface area (Å²) in [6.07, 6.45) is -0.938. The average molecular weight is 275 g/mol. The Morgan fingerprint density at radius 3 is 2.56 bits per heavy atom. The average Bonchev–Trinajstić information content (AvgIpc) is 2.29. The van der Waals surface area contributed by atoms with Crippen molar-refractivity contribution in [1.82, 2.24) is 0 Å². The largest absolute Gasteiger partial charge is 0.448 e. The molecule has 0 spiro atoms. The lowest BCUT2D eigenvalue weighted by molar-refractivity contribution is 0.161. The second-order valence-corrected chi connectivity index (χ2v) is 3.69. The van der Waals surface area contributed by atoms with Crippen molar-refractivity contribution in [2.75, 3.05) is 18.5 Å². The number of benzene rings is 1. The summed E-state index contributed by atoms with van der Waals surface area (Å²) in [5.41, 5.74) is 9.70. The summed E-state index contributed by atoms with van der Waals surface area (Å²) in [6, 6.07) is 2.55. The third-order valence-electron chi connectivity index (χ3n) is 2.01. The van der Waals surface area contributed by atoms with Crippen LogP contribution < -0.4 is 16.8 Å². The predicted octanol–water partition coefficient (Wildman–Crippen LogP) is 1.11. The van der Waals surface area contributed by atoms with Gasteiger partial charge in [0.1, 0.15) is 11.6 Å². The summed E-state index contributed by atoms with van der Waals surface area (Å²) in [4.78, 5) is 10.0. The Bertz CT molecular complexity index is 482. The van der Waals surface area contributed by atoms with E-state index in [0.717, 1.165) is 0 Å². The number of halogens is 2. The van der Waals surface area contributed by atoms with E-state index in [4.69, 9.17) is 11.5 Å². The van der Waals surface area contributed by atoms with Gasteiger partial charge in [0.15, 0.2) is 11.6 Å². The third-order valence-corrected chi connectivity index (χ3v) is 2.23. The molecule has 0 unspecified atom stereocenters. The molecule has 1 amide bonds. The van der Waals surface area contributed by atoms with E-state index in [1.165, 1.54) is 12.1 Å². The number of amides is 1. The van der Waals surface area contributed by atoms with Crippen LogP contribution >= 0.6 is 12.2 Å². The van der Waals surface area contributed by atoms with Gasteiger partial charge in [-0.3, -0.25) is 0 Å². The van der Waals surface area contributed by atoms with Gasteiger partial charge in [0.05, 0.1) is 5.69 Å². The summed E-state index contributed by atoms with van der Waals surface area (Å²) < 4.78 is 31.4. The fraction of sp³-hybridized carbons (Fsp3) is 0.200. The Morgan fingerprint density at radius 1 is 1.33 bits per heavy atom. The molecule has 0 fully saturated rings. The van der Waals surface area contributed by atoms with E-state index in [9.17, 15) is 13.6 Å². The molecule has 1 aromatic rings. The van der Waals surface area contributed by atoms with Crippen LogP contribution in [0.15, 0.2) is 12.1 Å². The van der Waals surface area contributed by atoms with Crippen LogP contribution in [0, 0.1) is 11.6 Å². The molecule has 0 saturated heterocycles. The van der Waals surface area contributed by atoms with Crippen molar-refractivity contribution in [3.05, 3.63) is 29.3 Å². The van der Waals surface area contributed by atoms with E-state index in [-0.39, 0.29) is 29.4 Å². The van der Waals surface area contributed by atoms with Gasteiger partial charge in [0.25, 0.3) is 0 Å². The number of anilines is 1. The highest BCUT2D eigenvalue weighted by molar-refractivity contribution is 7.80. The number of carbonyl (C=O) groups is 1. The van der Waals surface area contributed by atoms with Crippen molar-refractivity contribution < 1.29 is 18.3 Å². The van der Waals surface area contributed by atoms with Gasteiger partial charge in [0.2, 0.25) is 0 Å². The van der Waals surface area contributed by atoms with E-state index >= 15 is 0 Å². The standard InChI is InChI=1S/C10H11F2N3O2S/c11-7-5(9(13)18)1-2-6(8(7)12)15-3-4-17-10(14)16/h1-2,15H,3-4H2,(H2,13,18)(H2,14,16). The highest BCUT2D eigenvalue weighted by Crippen LogP contribution is 2.20. The molecule has 5 nitrogen and oxygen atoms in total. The molecule has 1 aromatic carbocycles. The number of ether oxygens (including phenoxy) is 1. The minimum absolute atomic E-state index is 0.0621. The quantitative estimate of drug-likeness (QED) is 0.553. The molecule has 0 heterocycles. The topological polar surface area (TPSA) is 90.4 Å². The second-order valence-electron chi connectivity index (χ2n) is 3.25. The number of nitrogens with one attached hydrogen (secondary N) is 1. The van der Waals surface area contributed by atoms with Gasteiger partial charge in [-0.25, -0.2) is 13.6 Å². The number of rotatable bonds is 5.